The Balaban J connectivity index is 1.68. The number of phenols is 1. The van der Waals surface area contributed by atoms with Crippen molar-refractivity contribution in [2.24, 2.45) is 5.10 Å². The topological polar surface area (TPSA) is 90.4 Å². The zero-order chi connectivity index (χ0) is 16.9. The van der Waals surface area contributed by atoms with Crippen LogP contribution in [0.15, 0.2) is 59.7 Å². The lowest BCUT2D eigenvalue weighted by Crippen LogP contribution is -2.18. The van der Waals surface area contributed by atoms with E-state index in [-0.39, 0.29) is 5.75 Å². The number of amides is 1. The predicted molar refractivity (Wildman–Crippen MR) is 99.9 cm³/mol. The quantitative estimate of drug-likeness (QED) is 0.336. The van der Waals surface area contributed by atoms with Gasteiger partial charge in [-0.2, -0.15) is 10.2 Å². The number of hydrogen-bond donors (Lipinski definition) is 3. The van der Waals surface area contributed by atoms with Crippen molar-refractivity contribution >= 4 is 34.7 Å². The molecule has 0 saturated carbocycles. The van der Waals surface area contributed by atoms with Gasteiger partial charge < -0.3 is 5.11 Å². The van der Waals surface area contributed by atoms with E-state index in [1.165, 1.54) is 6.21 Å². The van der Waals surface area contributed by atoms with Gasteiger partial charge in [0, 0.05) is 14.7 Å². The van der Waals surface area contributed by atoms with Gasteiger partial charge in [-0.1, -0.05) is 30.3 Å². The minimum Gasteiger partial charge on any atom is -0.507 e. The summed E-state index contributed by atoms with van der Waals surface area (Å²) in [7, 11) is 0. The number of aromatic amines is 1. The molecule has 0 spiro atoms. The highest BCUT2D eigenvalue weighted by molar-refractivity contribution is 14.1. The van der Waals surface area contributed by atoms with Crippen LogP contribution >= 0.6 is 22.6 Å². The number of nitrogens with one attached hydrogen (secondary N) is 2. The van der Waals surface area contributed by atoms with Crippen LogP contribution in [0.25, 0.3) is 11.3 Å². The highest BCUT2D eigenvalue weighted by Gasteiger charge is 2.10. The highest BCUT2D eigenvalue weighted by atomic mass is 127. The largest absolute Gasteiger partial charge is 0.507 e. The maximum absolute atomic E-state index is 12.1. The minimum absolute atomic E-state index is 0.0984. The Kier molecular flexibility index (Phi) is 4.90. The number of phenolic OH excluding ortho intramolecular Hbond substituents is 1. The summed E-state index contributed by atoms with van der Waals surface area (Å²) in [5.74, 6) is -0.313. The van der Waals surface area contributed by atoms with Gasteiger partial charge in [0.05, 0.1) is 11.9 Å². The highest BCUT2D eigenvalue weighted by Crippen LogP contribution is 2.18. The van der Waals surface area contributed by atoms with Crippen molar-refractivity contribution in [1.82, 2.24) is 15.6 Å². The lowest BCUT2D eigenvalue weighted by atomic mass is 10.1. The van der Waals surface area contributed by atoms with E-state index in [1.54, 1.807) is 24.3 Å². The molecule has 0 saturated heterocycles. The first-order valence-corrected chi connectivity index (χ1v) is 8.14. The van der Waals surface area contributed by atoms with Crippen LogP contribution in [0, 0.1) is 3.57 Å². The van der Waals surface area contributed by atoms with Crippen molar-refractivity contribution in [1.29, 1.82) is 0 Å². The Labute approximate surface area is 151 Å². The van der Waals surface area contributed by atoms with Crippen molar-refractivity contribution in [3.05, 3.63) is 69.4 Å². The summed E-state index contributed by atoms with van der Waals surface area (Å²) in [6, 6.07) is 16.3. The molecule has 3 rings (SSSR count). The molecular weight excluding hydrogens is 419 g/mol. The first kappa shape index (κ1) is 16.2. The van der Waals surface area contributed by atoms with Gasteiger partial charge in [-0.15, -0.1) is 0 Å². The van der Waals surface area contributed by atoms with Crippen LogP contribution in [-0.2, 0) is 0 Å². The number of H-pyrrole nitrogens is 1. The molecule has 1 amide bonds. The SMILES string of the molecule is O=C(NN=Cc1cc(I)ccc1O)c1cc(-c2ccccc2)n[nH]1. The Morgan fingerprint density at radius 1 is 1.21 bits per heavy atom. The van der Waals surface area contributed by atoms with Gasteiger partial charge in [-0.05, 0) is 46.9 Å². The molecule has 3 aromatic rings. The van der Waals surface area contributed by atoms with Crippen LogP contribution in [-0.4, -0.2) is 27.4 Å². The number of hydrogen-bond acceptors (Lipinski definition) is 4. The van der Waals surface area contributed by atoms with Crippen molar-refractivity contribution in [2.75, 3.05) is 0 Å². The maximum atomic E-state index is 12.1. The number of nitrogens with zero attached hydrogens (tertiary/aromatic N) is 2. The molecule has 3 N–H and O–H groups in total. The number of halogens is 1. The molecule has 0 aliphatic rings. The summed E-state index contributed by atoms with van der Waals surface area (Å²) in [5.41, 5.74) is 4.83. The Morgan fingerprint density at radius 3 is 2.79 bits per heavy atom. The lowest BCUT2D eigenvalue weighted by molar-refractivity contribution is 0.0950. The molecule has 1 aromatic heterocycles. The molecule has 2 aromatic carbocycles. The van der Waals surface area contributed by atoms with Crippen LogP contribution in [0.3, 0.4) is 0 Å². The summed E-state index contributed by atoms with van der Waals surface area (Å²) in [5, 5.41) is 20.4. The third-order valence-corrected chi connectivity index (χ3v) is 3.92. The van der Waals surface area contributed by atoms with Crippen LogP contribution in [0.1, 0.15) is 16.1 Å². The second-order valence-electron chi connectivity index (χ2n) is 4.94. The van der Waals surface area contributed by atoms with E-state index in [4.69, 9.17) is 0 Å². The number of carbonyl (C=O) groups excluding carboxylic acids is 1. The van der Waals surface area contributed by atoms with Gasteiger partial charge in [0.1, 0.15) is 11.4 Å². The van der Waals surface area contributed by atoms with Gasteiger partial charge in [0.15, 0.2) is 0 Å². The lowest BCUT2D eigenvalue weighted by Gasteiger charge is -1.99. The molecule has 0 fully saturated rings. The van der Waals surface area contributed by atoms with Gasteiger partial charge in [0.2, 0.25) is 0 Å². The number of rotatable bonds is 4. The predicted octanol–water partition coefficient (Wildman–Crippen LogP) is 3.15. The molecule has 6 nitrogen and oxygen atoms in total. The molecule has 1 heterocycles. The number of carbonyl (C=O) groups is 1. The molecule has 0 radical (unpaired) electrons. The summed E-state index contributed by atoms with van der Waals surface area (Å²) in [6.45, 7) is 0. The Bertz CT molecular complexity index is 891. The smallest absolute Gasteiger partial charge is 0.289 e. The normalized spacial score (nSPS) is 10.9. The van der Waals surface area contributed by atoms with E-state index in [2.05, 4.69) is 43.3 Å². The molecule has 7 heteroatoms. The van der Waals surface area contributed by atoms with Gasteiger partial charge in [-0.25, -0.2) is 5.43 Å². The fourth-order valence-corrected chi connectivity index (χ4v) is 2.56. The summed E-state index contributed by atoms with van der Waals surface area (Å²) in [6.07, 6.45) is 1.39. The Morgan fingerprint density at radius 2 is 2.00 bits per heavy atom. The number of aromatic nitrogens is 2. The molecule has 0 aliphatic carbocycles. The van der Waals surface area contributed by atoms with Crippen molar-refractivity contribution < 1.29 is 9.90 Å². The maximum Gasteiger partial charge on any atom is 0.289 e. The molecule has 0 unspecified atom stereocenters. The van der Waals surface area contributed by atoms with Crippen LogP contribution in [0.2, 0.25) is 0 Å². The third-order valence-electron chi connectivity index (χ3n) is 3.25. The number of aromatic hydroxyl groups is 1. The molecule has 0 bridgehead atoms. The van der Waals surface area contributed by atoms with E-state index < -0.39 is 5.91 Å². The van der Waals surface area contributed by atoms with Crippen molar-refractivity contribution in [3.8, 4) is 17.0 Å². The average Bonchev–Trinajstić information content (AvgIpc) is 3.09. The summed E-state index contributed by atoms with van der Waals surface area (Å²) in [4.78, 5) is 12.1. The summed E-state index contributed by atoms with van der Waals surface area (Å²) >= 11 is 2.13. The van der Waals surface area contributed by atoms with E-state index in [0.717, 1.165) is 9.13 Å². The molecule has 24 heavy (non-hydrogen) atoms. The number of hydrazone groups is 1. The monoisotopic (exact) mass is 432 g/mol. The van der Waals surface area contributed by atoms with E-state index in [0.29, 0.717) is 17.0 Å². The molecule has 0 aliphatic heterocycles. The van der Waals surface area contributed by atoms with E-state index >= 15 is 0 Å². The average molecular weight is 432 g/mol. The van der Waals surface area contributed by atoms with Crippen molar-refractivity contribution in [2.45, 2.75) is 0 Å². The standard InChI is InChI=1S/C17H13IN4O2/c18-13-6-7-16(23)12(8-13)10-19-22-17(24)15-9-14(20-21-15)11-4-2-1-3-5-11/h1-10,23H,(H,20,21)(H,22,24). The Hall–Kier alpha value is -2.68. The molecular formula is C17H13IN4O2. The van der Waals surface area contributed by atoms with Gasteiger partial charge in [-0.3, -0.25) is 9.89 Å². The fraction of sp³-hybridized carbons (Fsp3) is 0. The zero-order valence-electron chi connectivity index (χ0n) is 12.4. The number of benzene rings is 2. The molecule has 120 valence electrons. The van der Waals surface area contributed by atoms with Crippen molar-refractivity contribution in [3.63, 3.8) is 0 Å². The second-order valence-corrected chi connectivity index (χ2v) is 6.18. The second kappa shape index (κ2) is 7.26. The van der Waals surface area contributed by atoms with Gasteiger partial charge in [0.25, 0.3) is 5.91 Å². The van der Waals surface area contributed by atoms with Gasteiger partial charge >= 0.3 is 0 Å². The van der Waals surface area contributed by atoms with E-state index in [9.17, 15) is 9.90 Å². The van der Waals surface area contributed by atoms with Crippen LogP contribution < -0.4 is 5.43 Å². The summed E-state index contributed by atoms with van der Waals surface area (Å²) < 4.78 is 0.958. The fourth-order valence-electron chi connectivity index (χ4n) is 2.04. The van der Waals surface area contributed by atoms with Crippen LogP contribution in [0.4, 0.5) is 0 Å². The third kappa shape index (κ3) is 3.80. The zero-order valence-corrected chi connectivity index (χ0v) is 14.6. The first-order valence-electron chi connectivity index (χ1n) is 7.06. The van der Waals surface area contributed by atoms with Crippen LogP contribution in [0.5, 0.6) is 5.75 Å². The molecule has 0 atom stereocenters. The first-order chi connectivity index (χ1) is 11.6. The minimum atomic E-state index is -0.411. The van der Waals surface area contributed by atoms with E-state index in [1.807, 2.05) is 30.3 Å².